The van der Waals surface area contributed by atoms with E-state index in [1.165, 1.54) is 31.2 Å². The van der Waals surface area contributed by atoms with Crippen molar-refractivity contribution in [1.82, 2.24) is 10.3 Å². The number of rotatable bonds is 3. The molecule has 1 aliphatic carbocycles. The maximum atomic E-state index is 6.27. The van der Waals surface area contributed by atoms with E-state index in [0.717, 1.165) is 23.1 Å². The van der Waals surface area contributed by atoms with Crippen molar-refractivity contribution >= 4 is 34.1 Å². The van der Waals surface area contributed by atoms with Gasteiger partial charge < -0.3 is 5.32 Å². The van der Waals surface area contributed by atoms with Crippen LogP contribution >= 0.6 is 23.2 Å². The molecule has 1 saturated carbocycles. The van der Waals surface area contributed by atoms with Gasteiger partial charge in [-0.1, -0.05) is 36.0 Å². The average Bonchev–Trinajstić information content (AvgIpc) is 2.90. The summed E-state index contributed by atoms with van der Waals surface area (Å²) in [5.74, 6) is 0. The Morgan fingerprint density at radius 1 is 1.20 bits per heavy atom. The van der Waals surface area contributed by atoms with E-state index in [1.807, 2.05) is 13.0 Å². The van der Waals surface area contributed by atoms with E-state index >= 15 is 0 Å². The number of halogens is 2. The topological polar surface area (TPSA) is 24.9 Å². The van der Waals surface area contributed by atoms with Crippen molar-refractivity contribution < 1.29 is 0 Å². The van der Waals surface area contributed by atoms with Gasteiger partial charge in [-0.3, -0.25) is 4.98 Å². The van der Waals surface area contributed by atoms with Gasteiger partial charge in [-0.15, -0.1) is 0 Å². The normalized spacial score (nSPS) is 16.1. The third-order valence-electron chi connectivity index (χ3n) is 3.98. The Morgan fingerprint density at radius 3 is 2.70 bits per heavy atom. The number of hydrogen-bond donors (Lipinski definition) is 1. The first-order chi connectivity index (χ1) is 9.63. The van der Waals surface area contributed by atoms with Crippen molar-refractivity contribution in [2.45, 2.75) is 45.2 Å². The van der Waals surface area contributed by atoms with Gasteiger partial charge in [0.2, 0.25) is 0 Å². The lowest BCUT2D eigenvalue weighted by Gasteiger charge is -2.14. The Labute approximate surface area is 129 Å². The Balaban J connectivity index is 1.95. The molecule has 0 aliphatic heterocycles. The van der Waals surface area contributed by atoms with E-state index in [4.69, 9.17) is 23.2 Å². The molecule has 0 radical (unpaired) electrons. The number of fused-ring (bicyclic) bond motifs is 1. The van der Waals surface area contributed by atoms with Crippen LogP contribution in [0.5, 0.6) is 0 Å². The molecule has 3 rings (SSSR count). The number of benzene rings is 1. The molecule has 0 atom stereocenters. The number of nitrogens with one attached hydrogen (secondary N) is 1. The van der Waals surface area contributed by atoms with Gasteiger partial charge in [-0.05, 0) is 43.5 Å². The summed E-state index contributed by atoms with van der Waals surface area (Å²) in [4.78, 5) is 4.54. The third kappa shape index (κ3) is 2.93. The van der Waals surface area contributed by atoms with Crippen LogP contribution in [0.15, 0.2) is 18.2 Å². The maximum Gasteiger partial charge on any atom is 0.0895 e. The van der Waals surface area contributed by atoms with E-state index in [2.05, 4.69) is 16.4 Å². The summed E-state index contributed by atoms with van der Waals surface area (Å²) >= 11 is 12.4. The first-order valence-corrected chi connectivity index (χ1v) is 7.88. The molecule has 0 spiro atoms. The zero-order valence-corrected chi connectivity index (χ0v) is 13.1. The highest BCUT2D eigenvalue weighted by Crippen LogP contribution is 2.29. The van der Waals surface area contributed by atoms with Crippen molar-refractivity contribution in [1.29, 1.82) is 0 Å². The molecule has 0 unspecified atom stereocenters. The summed E-state index contributed by atoms with van der Waals surface area (Å²) in [5, 5.41) is 5.98. The van der Waals surface area contributed by atoms with E-state index in [0.29, 0.717) is 16.1 Å². The van der Waals surface area contributed by atoms with Gasteiger partial charge in [0.1, 0.15) is 0 Å². The van der Waals surface area contributed by atoms with Crippen LogP contribution in [-0.4, -0.2) is 11.0 Å². The quantitative estimate of drug-likeness (QED) is 0.874. The fourth-order valence-corrected chi connectivity index (χ4v) is 3.53. The summed E-state index contributed by atoms with van der Waals surface area (Å²) in [6.07, 6.45) is 5.24. The number of hydrogen-bond acceptors (Lipinski definition) is 2. The van der Waals surface area contributed by atoms with Crippen LogP contribution in [0.4, 0.5) is 0 Å². The molecule has 2 aromatic rings. The Hall–Kier alpha value is -0.830. The molecule has 20 heavy (non-hydrogen) atoms. The molecule has 1 aromatic carbocycles. The van der Waals surface area contributed by atoms with E-state index < -0.39 is 0 Å². The monoisotopic (exact) mass is 308 g/mol. The zero-order valence-electron chi connectivity index (χ0n) is 11.5. The first kappa shape index (κ1) is 14.1. The smallest absolute Gasteiger partial charge is 0.0895 e. The minimum absolute atomic E-state index is 0.623. The molecular formula is C16H18Cl2N2. The highest BCUT2D eigenvalue weighted by molar-refractivity contribution is 6.38. The van der Waals surface area contributed by atoms with Crippen LogP contribution in [0.1, 0.15) is 36.9 Å². The van der Waals surface area contributed by atoms with Crippen LogP contribution in [0, 0.1) is 6.92 Å². The van der Waals surface area contributed by atoms with Crippen LogP contribution in [-0.2, 0) is 6.54 Å². The lowest BCUT2D eigenvalue weighted by molar-refractivity contribution is 0.525. The third-order valence-corrected chi connectivity index (χ3v) is 4.49. The van der Waals surface area contributed by atoms with Crippen LogP contribution in [0.25, 0.3) is 10.9 Å². The van der Waals surface area contributed by atoms with Crippen molar-refractivity contribution in [2.75, 3.05) is 0 Å². The predicted molar refractivity (Wildman–Crippen MR) is 85.6 cm³/mol. The number of aryl methyl sites for hydroxylation is 1. The van der Waals surface area contributed by atoms with Gasteiger partial charge in [0.05, 0.1) is 10.5 Å². The molecule has 1 heterocycles. The molecule has 0 saturated heterocycles. The van der Waals surface area contributed by atoms with E-state index in [9.17, 15) is 0 Å². The summed E-state index contributed by atoms with van der Waals surface area (Å²) in [7, 11) is 0. The summed E-state index contributed by atoms with van der Waals surface area (Å²) < 4.78 is 0. The van der Waals surface area contributed by atoms with Crippen molar-refractivity contribution in [2.24, 2.45) is 0 Å². The van der Waals surface area contributed by atoms with Gasteiger partial charge in [-0.2, -0.15) is 0 Å². The molecule has 0 bridgehead atoms. The lowest BCUT2D eigenvalue weighted by atomic mass is 10.1. The molecule has 0 amide bonds. The van der Waals surface area contributed by atoms with Crippen LogP contribution in [0.2, 0.25) is 10.0 Å². The van der Waals surface area contributed by atoms with Crippen molar-refractivity contribution in [3.8, 4) is 0 Å². The SMILES string of the molecule is Cc1cc(CNC2CCCC2)c2cc(Cl)cc(Cl)c2n1. The number of aromatic nitrogens is 1. The minimum atomic E-state index is 0.623. The Kier molecular flexibility index (Phi) is 4.16. The minimum Gasteiger partial charge on any atom is -0.310 e. The van der Waals surface area contributed by atoms with Gasteiger partial charge in [0, 0.05) is 28.7 Å². The molecule has 1 N–H and O–H groups in total. The van der Waals surface area contributed by atoms with Gasteiger partial charge in [-0.25, -0.2) is 0 Å². The maximum absolute atomic E-state index is 6.27. The molecule has 1 aromatic heterocycles. The lowest BCUT2D eigenvalue weighted by Crippen LogP contribution is -2.25. The molecule has 1 fully saturated rings. The fourth-order valence-electron chi connectivity index (χ4n) is 2.99. The molecule has 4 heteroatoms. The second-order valence-corrected chi connectivity index (χ2v) is 6.41. The second-order valence-electron chi connectivity index (χ2n) is 5.57. The Bertz CT molecular complexity index is 634. The fraction of sp³-hybridized carbons (Fsp3) is 0.438. The largest absolute Gasteiger partial charge is 0.310 e. The summed E-state index contributed by atoms with van der Waals surface area (Å²) in [5.41, 5.74) is 3.06. The number of nitrogens with zero attached hydrogens (tertiary/aromatic N) is 1. The molecule has 106 valence electrons. The van der Waals surface area contributed by atoms with Crippen molar-refractivity contribution in [3.63, 3.8) is 0 Å². The van der Waals surface area contributed by atoms with Crippen LogP contribution in [0.3, 0.4) is 0 Å². The van der Waals surface area contributed by atoms with Crippen molar-refractivity contribution in [3.05, 3.63) is 39.5 Å². The zero-order chi connectivity index (χ0) is 14.1. The molecule has 1 aliphatic rings. The van der Waals surface area contributed by atoms with E-state index in [-0.39, 0.29) is 0 Å². The highest BCUT2D eigenvalue weighted by atomic mass is 35.5. The number of pyridine rings is 1. The first-order valence-electron chi connectivity index (χ1n) is 7.12. The molecular weight excluding hydrogens is 291 g/mol. The van der Waals surface area contributed by atoms with Crippen LogP contribution < -0.4 is 5.32 Å². The summed E-state index contributed by atoms with van der Waals surface area (Å²) in [6, 6.07) is 6.48. The molecule has 2 nitrogen and oxygen atoms in total. The van der Waals surface area contributed by atoms with Gasteiger partial charge in [0.25, 0.3) is 0 Å². The van der Waals surface area contributed by atoms with E-state index in [1.54, 1.807) is 6.07 Å². The standard InChI is InChI=1S/C16H18Cl2N2/c1-10-6-11(9-19-13-4-2-3-5-13)14-7-12(17)8-15(18)16(14)20-10/h6-8,13,19H,2-5,9H2,1H3. The van der Waals surface area contributed by atoms with Gasteiger partial charge >= 0.3 is 0 Å². The second kappa shape index (κ2) is 5.88. The predicted octanol–water partition coefficient (Wildman–Crippen LogP) is 4.88. The Morgan fingerprint density at radius 2 is 1.95 bits per heavy atom. The summed E-state index contributed by atoms with van der Waals surface area (Å²) in [6.45, 7) is 2.85. The highest BCUT2D eigenvalue weighted by Gasteiger charge is 2.15. The van der Waals surface area contributed by atoms with Gasteiger partial charge in [0.15, 0.2) is 0 Å². The average molecular weight is 309 g/mol.